The molecule has 0 spiro atoms. The SMILES string of the molecule is CC(C)(C)NC(=O)[C@H]1N(C(=O)[C@@H](OC(=O)c2ccc(Cl)cc2)[C@@H](N)Cc2ccccc2)CSC1(C)C.Cl. The molecule has 1 aliphatic heterocycles. The van der Waals surface area contributed by atoms with Gasteiger partial charge in [0.2, 0.25) is 5.91 Å². The number of carbonyl (C=O) groups excluding carboxylic acids is 3. The molecule has 1 heterocycles. The van der Waals surface area contributed by atoms with Gasteiger partial charge in [-0.2, -0.15) is 0 Å². The first-order valence-electron chi connectivity index (χ1n) is 11.8. The maximum atomic E-state index is 13.9. The number of ether oxygens (including phenoxy) is 1. The molecule has 1 aliphatic rings. The minimum atomic E-state index is -1.28. The molecule has 2 aromatic carbocycles. The highest BCUT2D eigenvalue weighted by Crippen LogP contribution is 2.40. The zero-order valence-electron chi connectivity index (χ0n) is 21.7. The van der Waals surface area contributed by atoms with Gasteiger partial charge in [0.1, 0.15) is 6.04 Å². The molecule has 3 N–H and O–H groups in total. The van der Waals surface area contributed by atoms with Crippen molar-refractivity contribution < 1.29 is 19.1 Å². The number of thioether (sulfide) groups is 1. The summed E-state index contributed by atoms with van der Waals surface area (Å²) < 4.78 is 5.20. The van der Waals surface area contributed by atoms with Crippen molar-refractivity contribution in [3.63, 3.8) is 0 Å². The first kappa shape index (κ1) is 31.0. The van der Waals surface area contributed by atoms with Gasteiger partial charge >= 0.3 is 5.97 Å². The topological polar surface area (TPSA) is 102 Å². The number of nitrogens with one attached hydrogen (secondary N) is 1. The summed E-state index contributed by atoms with van der Waals surface area (Å²) in [6.45, 7) is 9.52. The summed E-state index contributed by atoms with van der Waals surface area (Å²) in [6, 6.07) is 14.1. The second kappa shape index (κ2) is 12.5. The molecule has 2 aromatic rings. The molecule has 0 aliphatic carbocycles. The van der Waals surface area contributed by atoms with Crippen LogP contribution < -0.4 is 11.1 Å². The fourth-order valence-electron chi connectivity index (χ4n) is 4.10. The first-order valence-corrected chi connectivity index (χ1v) is 13.2. The van der Waals surface area contributed by atoms with Gasteiger partial charge in [-0.1, -0.05) is 41.9 Å². The van der Waals surface area contributed by atoms with Crippen LogP contribution in [0.5, 0.6) is 0 Å². The number of rotatable bonds is 7. The Morgan fingerprint density at radius 1 is 1.14 bits per heavy atom. The molecule has 0 radical (unpaired) electrons. The summed E-state index contributed by atoms with van der Waals surface area (Å²) in [7, 11) is 0. The molecule has 0 unspecified atom stereocenters. The van der Waals surface area contributed by atoms with E-state index in [2.05, 4.69) is 5.32 Å². The molecular formula is C27H35Cl2N3O4S. The molecule has 1 saturated heterocycles. The van der Waals surface area contributed by atoms with Gasteiger partial charge in [0.15, 0.2) is 6.10 Å². The number of hydrogen-bond donors (Lipinski definition) is 2. The number of nitrogens with two attached hydrogens (primary N) is 1. The van der Waals surface area contributed by atoms with Crippen LogP contribution in [0.2, 0.25) is 5.02 Å². The summed E-state index contributed by atoms with van der Waals surface area (Å²) in [5.41, 5.74) is 7.19. The van der Waals surface area contributed by atoms with Crippen LogP contribution in [0.1, 0.15) is 50.5 Å². The lowest BCUT2D eigenvalue weighted by Gasteiger charge is -2.35. The van der Waals surface area contributed by atoms with Gasteiger partial charge in [-0.15, -0.1) is 24.2 Å². The van der Waals surface area contributed by atoms with Gasteiger partial charge in [0, 0.05) is 15.3 Å². The highest BCUT2D eigenvalue weighted by molar-refractivity contribution is 8.00. The van der Waals surface area contributed by atoms with E-state index in [9.17, 15) is 14.4 Å². The quantitative estimate of drug-likeness (QED) is 0.479. The van der Waals surface area contributed by atoms with Crippen molar-refractivity contribution in [2.45, 2.75) is 69.5 Å². The Morgan fingerprint density at radius 2 is 1.73 bits per heavy atom. The van der Waals surface area contributed by atoms with Gasteiger partial charge in [0.25, 0.3) is 5.91 Å². The Bertz CT molecular complexity index is 1090. The van der Waals surface area contributed by atoms with Crippen LogP contribution in [0.15, 0.2) is 54.6 Å². The Hall–Kier alpha value is -2.26. The zero-order chi connectivity index (χ0) is 26.7. The van der Waals surface area contributed by atoms with Crippen molar-refractivity contribution in [2.24, 2.45) is 5.73 Å². The highest BCUT2D eigenvalue weighted by Gasteiger charge is 2.50. The maximum Gasteiger partial charge on any atom is 0.338 e. The summed E-state index contributed by atoms with van der Waals surface area (Å²) in [5, 5.41) is 3.46. The largest absolute Gasteiger partial charge is 0.447 e. The molecule has 3 rings (SSSR count). The lowest BCUT2D eigenvalue weighted by molar-refractivity contribution is -0.147. The molecule has 1 fully saturated rings. The summed E-state index contributed by atoms with van der Waals surface area (Å²) >= 11 is 7.44. The van der Waals surface area contributed by atoms with Crippen molar-refractivity contribution in [1.29, 1.82) is 0 Å². The van der Waals surface area contributed by atoms with Crippen LogP contribution in [0, 0.1) is 0 Å². The Labute approximate surface area is 234 Å². The number of halogens is 2. The minimum absolute atomic E-state index is 0. The third-order valence-electron chi connectivity index (χ3n) is 5.84. The van der Waals surface area contributed by atoms with Crippen LogP contribution in [0.25, 0.3) is 0 Å². The smallest absolute Gasteiger partial charge is 0.338 e. The Kier molecular flexibility index (Phi) is 10.5. The minimum Gasteiger partial charge on any atom is -0.447 e. The van der Waals surface area contributed by atoms with Crippen LogP contribution in [-0.4, -0.2) is 57.0 Å². The summed E-state index contributed by atoms with van der Waals surface area (Å²) in [4.78, 5) is 41.7. The third kappa shape index (κ3) is 8.11. The fraction of sp³-hybridized carbons (Fsp3) is 0.444. The Morgan fingerprint density at radius 3 is 2.30 bits per heavy atom. The molecular weight excluding hydrogens is 533 g/mol. The predicted molar refractivity (Wildman–Crippen MR) is 151 cm³/mol. The summed E-state index contributed by atoms with van der Waals surface area (Å²) in [5.74, 6) is -1.16. The third-order valence-corrected chi connectivity index (χ3v) is 7.46. The number of carbonyl (C=O) groups is 3. The van der Waals surface area contributed by atoms with E-state index in [1.54, 1.807) is 12.1 Å². The standard InChI is InChI=1S/C27H34ClN3O4S.ClH/c1-26(2,3)30-23(32)22-27(4,5)36-16-31(22)24(33)21(20(29)15-17-9-7-6-8-10-17)35-25(34)18-11-13-19(28)14-12-18;/h6-14,20-22H,15-16,29H2,1-5H3,(H,30,32);1H/t20-,21-,22+;/m0./s1. The second-order valence-electron chi connectivity index (χ2n) is 10.5. The van der Waals surface area contributed by atoms with Crippen molar-refractivity contribution in [3.8, 4) is 0 Å². The average molecular weight is 569 g/mol. The average Bonchev–Trinajstić information content (AvgIpc) is 3.11. The molecule has 7 nitrogen and oxygen atoms in total. The van der Waals surface area contributed by atoms with Crippen LogP contribution >= 0.6 is 35.8 Å². The number of amides is 2. The van der Waals surface area contributed by atoms with E-state index in [-0.39, 0.29) is 29.8 Å². The number of nitrogens with zero attached hydrogens (tertiary/aromatic N) is 1. The molecule has 37 heavy (non-hydrogen) atoms. The van der Waals surface area contributed by atoms with Crippen LogP contribution in [0.3, 0.4) is 0 Å². The lowest BCUT2D eigenvalue weighted by atomic mass is 9.96. The molecule has 3 atom stereocenters. The summed E-state index contributed by atoms with van der Waals surface area (Å²) in [6.07, 6.45) is -0.971. The van der Waals surface area contributed by atoms with Crippen LogP contribution in [0.4, 0.5) is 0 Å². The van der Waals surface area contributed by atoms with E-state index in [1.807, 2.05) is 65.0 Å². The van der Waals surface area contributed by atoms with Gasteiger partial charge in [-0.25, -0.2) is 4.79 Å². The van der Waals surface area contributed by atoms with E-state index < -0.39 is 40.4 Å². The fourth-order valence-corrected chi connectivity index (χ4v) is 5.36. The number of benzene rings is 2. The highest BCUT2D eigenvalue weighted by atomic mass is 35.5. The van der Waals surface area contributed by atoms with Gasteiger partial charge < -0.3 is 20.7 Å². The van der Waals surface area contributed by atoms with Crippen LogP contribution in [-0.2, 0) is 20.7 Å². The van der Waals surface area contributed by atoms with Crippen molar-refractivity contribution in [1.82, 2.24) is 10.2 Å². The molecule has 0 aromatic heterocycles. The Balaban J connectivity index is 0.00000481. The van der Waals surface area contributed by atoms with E-state index in [4.69, 9.17) is 22.1 Å². The van der Waals surface area contributed by atoms with Crippen molar-refractivity contribution in [2.75, 3.05) is 5.88 Å². The molecule has 202 valence electrons. The zero-order valence-corrected chi connectivity index (χ0v) is 24.1. The van der Waals surface area contributed by atoms with Crippen molar-refractivity contribution >= 4 is 53.6 Å². The van der Waals surface area contributed by atoms with Gasteiger partial charge in [0.05, 0.1) is 17.5 Å². The number of esters is 1. The normalized spacial score (nSPS) is 18.4. The van der Waals surface area contributed by atoms with Gasteiger partial charge in [-0.3, -0.25) is 9.59 Å². The van der Waals surface area contributed by atoms with E-state index in [1.165, 1.54) is 28.8 Å². The maximum absolute atomic E-state index is 13.9. The second-order valence-corrected chi connectivity index (χ2v) is 12.5. The monoisotopic (exact) mass is 567 g/mol. The van der Waals surface area contributed by atoms with Gasteiger partial charge in [-0.05, 0) is 70.9 Å². The molecule has 2 amide bonds. The van der Waals surface area contributed by atoms with E-state index in [0.29, 0.717) is 11.4 Å². The lowest BCUT2D eigenvalue weighted by Crippen LogP contribution is -2.60. The molecule has 10 heteroatoms. The number of hydrogen-bond acceptors (Lipinski definition) is 6. The molecule has 0 saturated carbocycles. The van der Waals surface area contributed by atoms with Crippen molar-refractivity contribution in [3.05, 3.63) is 70.7 Å². The van der Waals surface area contributed by atoms with E-state index in [0.717, 1.165) is 5.56 Å². The predicted octanol–water partition coefficient (Wildman–Crippen LogP) is 4.45. The first-order chi connectivity index (χ1) is 16.8. The van der Waals surface area contributed by atoms with E-state index >= 15 is 0 Å². The molecule has 0 bridgehead atoms.